The number of ether oxygens (including phenoxy) is 1. The lowest BCUT2D eigenvalue weighted by Crippen LogP contribution is -2.41. The molecular formula is C27H30FN5O2. The standard InChI is InChI=1S/C27H30FN5O2/c1-27(2,3)35-26(34)32-13-11-18(12-14-32)23-16-33(21-8-6-20(28)7-9-21)24-10-5-19(15-22(23)24)25-30-29-17-31(25)4/h5-10,15-18H,11-14H2,1-4H3. The van der Waals surface area contributed by atoms with Gasteiger partial charge in [-0.1, -0.05) is 0 Å². The molecule has 0 bridgehead atoms. The molecule has 7 nitrogen and oxygen atoms in total. The van der Waals surface area contributed by atoms with Gasteiger partial charge in [-0.3, -0.25) is 0 Å². The molecule has 2 aromatic carbocycles. The van der Waals surface area contributed by atoms with E-state index in [4.69, 9.17) is 4.74 Å². The molecule has 0 aliphatic carbocycles. The minimum absolute atomic E-state index is 0.255. The monoisotopic (exact) mass is 475 g/mol. The van der Waals surface area contributed by atoms with Crippen LogP contribution in [0.15, 0.2) is 55.0 Å². The molecule has 3 heterocycles. The number of piperidine rings is 1. The molecule has 1 saturated heterocycles. The molecule has 1 aliphatic heterocycles. The Labute approximate surface area is 204 Å². The van der Waals surface area contributed by atoms with Crippen LogP contribution in [-0.2, 0) is 11.8 Å². The molecule has 8 heteroatoms. The van der Waals surface area contributed by atoms with Gasteiger partial charge in [0.15, 0.2) is 5.82 Å². The van der Waals surface area contributed by atoms with Crippen LogP contribution < -0.4 is 0 Å². The van der Waals surface area contributed by atoms with Gasteiger partial charge in [0.25, 0.3) is 0 Å². The molecule has 0 N–H and O–H groups in total. The highest BCUT2D eigenvalue weighted by molar-refractivity contribution is 5.89. The number of carbonyl (C=O) groups excluding carboxylic acids is 1. The first-order valence-corrected chi connectivity index (χ1v) is 11.9. The molecule has 5 rings (SSSR count). The Kier molecular flexibility index (Phi) is 5.83. The highest BCUT2D eigenvalue weighted by Gasteiger charge is 2.29. The van der Waals surface area contributed by atoms with Crippen LogP contribution in [0.4, 0.5) is 9.18 Å². The molecule has 0 atom stereocenters. The molecule has 182 valence electrons. The van der Waals surface area contributed by atoms with Crippen molar-refractivity contribution in [3.63, 3.8) is 0 Å². The molecule has 35 heavy (non-hydrogen) atoms. The molecule has 0 unspecified atom stereocenters. The van der Waals surface area contributed by atoms with E-state index in [9.17, 15) is 9.18 Å². The van der Waals surface area contributed by atoms with Crippen molar-refractivity contribution in [2.45, 2.75) is 45.1 Å². The number of benzene rings is 2. The van der Waals surface area contributed by atoms with Crippen molar-refractivity contribution in [3.8, 4) is 17.1 Å². The molecular weight excluding hydrogens is 445 g/mol. The summed E-state index contributed by atoms with van der Waals surface area (Å²) in [6, 6.07) is 12.8. The van der Waals surface area contributed by atoms with Crippen LogP contribution in [-0.4, -0.2) is 49.0 Å². The lowest BCUT2D eigenvalue weighted by Gasteiger charge is -2.33. The fourth-order valence-electron chi connectivity index (χ4n) is 4.78. The Balaban J connectivity index is 1.51. The molecule has 2 aromatic heterocycles. The Hall–Kier alpha value is -3.68. The first kappa shape index (κ1) is 23.1. The Bertz CT molecular complexity index is 1360. The fourth-order valence-corrected chi connectivity index (χ4v) is 4.78. The van der Waals surface area contributed by atoms with E-state index in [0.717, 1.165) is 40.8 Å². The summed E-state index contributed by atoms with van der Waals surface area (Å²) >= 11 is 0. The van der Waals surface area contributed by atoms with Gasteiger partial charge in [0.05, 0.1) is 5.52 Å². The average Bonchev–Trinajstić information content (AvgIpc) is 3.42. The van der Waals surface area contributed by atoms with Crippen LogP contribution in [0.25, 0.3) is 28.0 Å². The summed E-state index contributed by atoms with van der Waals surface area (Å²) in [6.45, 7) is 6.95. The van der Waals surface area contributed by atoms with Gasteiger partial charge in [0.2, 0.25) is 0 Å². The number of rotatable bonds is 3. The van der Waals surface area contributed by atoms with Gasteiger partial charge in [-0.25, -0.2) is 9.18 Å². The number of halogens is 1. The normalized spacial score (nSPS) is 15.1. The third-order valence-corrected chi connectivity index (χ3v) is 6.50. The number of nitrogens with zero attached hydrogens (tertiary/aromatic N) is 5. The van der Waals surface area contributed by atoms with Crippen LogP contribution in [0.1, 0.15) is 45.1 Å². The number of hydrogen-bond donors (Lipinski definition) is 0. The second-order valence-electron chi connectivity index (χ2n) is 10.2. The van der Waals surface area contributed by atoms with Crippen LogP contribution in [0.5, 0.6) is 0 Å². The van der Waals surface area contributed by atoms with Crippen molar-refractivity contribution in [2.75, 3.05) is 13.1 Å². The third-order valence-electron chi connectivity index (χ3n) is 6.50. The average molecular weight is 476 g/mol. The molecule has 0 spiro atoms. The van der Waals surface area contributed by atoms with Crippen molar-refractivity contribution < 1.29 is 13.9 Å². The predicted molar refractivity (Wildman–Crippen MR) is 133 cm³/mol. The Morgan fingerprint density at radius 2 is 1.80 bits per heavy atom. The van der Waals surface area contributed by atoms with Crippen molar-refractivity contribution in [2.24, 2.45) is 7.05 Å². The van der Waals surface area contributed by atoms with Gasteiger partial charge in [0, 0.05) is 43.0 Å². The van der Waals surface area contributed by atoms with E-state index in [1.165, 1.54) is 17.7 Å². The smallest absolute Gasteiger partial charge is 0.410 e. The van der Waals surface area contributed by atoms with E-state index >= 15 is 0 Å². The van der Waals surface area contributed by atoms with Crippen LogP contribution in [0, 0.1) is 5.82 Å². The van der Waals surface area contributed by atoms with E-state index in [2.05, 4.69) is 33.1 Å². The minimum atomic E-state index is -0.507. The van der Waals surface area contributed by atoms with E-state index in [1.54, 1.807) is 23.4 Å². The maximum atomic E-state index is 13.6. The maximum Gasteiger partial charge on any atom is 0.410 e. The molecule has 1 fully saturated rings. The summed E-state index contributed by atoms with van der Waals surface area (Å²) in [5, 5.41) is 9.43. The zero-order chi connectivity index (χ0) is 24.7. The first-order valence-electron chi connectivity index (χ1n) is 11.9. The highest BCUT2D eigenvalue weighted by Crippen LogP contribution is 2.37. The van der Waals surface area contributed by atoms with E-state index in [1.807, 2.05) is 38.5 Å². The molecule has 1 aliphatic rings. The second kappa shape index (κ2) is 8.83. The number of aryl methyl sites for hydroxylation is 1. The quantitative estimate of drug-likeness (QED) is 0.382. The SMILES string of the molecule is Cn1cnnc1-c1ccc2c(c1)c(C1CCN(C(=O)OC(C)(C)C)CC1)cn2-c1ccc(F)cc1. The lowest BCUT2D eigenvalue weighted by atomic mass is 9.89. The topological polar surface area (TPSA) is 65.2 Å². The summed E-state index contributed by atoms with van der Waals surface area (Å²) in [7, 11) is 1.93. The molecule has 4 aromatic rings. The summed E-state index contributed by atoms with van der Waals surface area (Å²) in [6.07, 6.45) is 5.28. The first-order chi connectivity index (χ1) is 16.7. The number of carbonyl (C=O) groups is 1. The van der Waals surface area contributed by atoms with E-state index in [-0.39, 0.29) is 17.8 Å². The van der Waals surface area contributed by atoms with Gasteiger partial charge in [-0.2, -0.15) is 0 Å². The molecule has 1 amide bonds. The number of fused-ring (bicyclic) bond motifs is 1. The van der Waals surface area contributed by atoms with Crippen molar-refractivity contribution in [3.05, 3.63) is 66.4 Å². The molecule has 0 radical (unpaired) electrons. The maximum absolute atomic E-state index is 13.6. The lowest BCUT2D eigenvalue weighted by molar-refractivity contribution is 0.0205. The summed E-state index contributed by atoms with van der Waals surface area (Å²) < 4.78 is 23.2. The Morgan fingerprint density at radius 3 is 2.43 bits per heavy atom. The number of aromatic nitrogens is 4. The van der Waals surface area contributed by atoms with Gasteiger partial charge in [0.1, 0.15) is 17.7 Å². The van der Waals surface area contributed by atoms with Crippen LogP contribution in [0.2, 0.25) is 0 Å². The van der Waals surface area contributed by atoms with E-state index in [0.29, 0.717) is 13.1 Å². The number of hydrogen-bond acceptors (Lipinski definition) is 4. The van der Waals surface area contributed by atoms with Crippen LogP contribution >= 0.6 is 0 Å². The summed E-state index contributed by atoms with van der Waals surface area (Å²) in [5.74, 6) is 0.823. The van der Waals surface area contributed by atoms with E-state index < -0.39 is 5.60 Å². The van der Waals surface area contributed by atoms with Gasteiger partial charge in [-0.05, 0) is 87.6 Å². The number of likely N-dealkylation sites (tertiary alicyclic amines) is 1. The third kappa shape index (κ3) is 4.65. The van der Waals surface area contributed by atoms with Gasteiger partial charge in [-0.15, -0.1) is 10.2 Å². The summed E-state index contributed by atoms with van der Waals surface area (Å²) in [5.41, 5.74) is 3.65. The Morgan fingerprint density at radius 1 is 1.09 bits per heavy atom. The number of amides is 1. The fraction of sp³-hybridized carbons (Fsp3) is 0.370. The zero-order valence-corrected chi connectivity index (χ0v) is 20.5. The largest absolute Gasteiger partial charge is 0.444 e. The van der Waals surface area contributed by atoms with Crippen molar-refractivity contribution in [1.82, 2.24) is 24.2 Å². The predicted octanol–water partition coefficient (Wildman–Crippen LogP) is 5.68. The van der Waals surface area contributed by atoms with Gasteiger partial charge < -0.3 is 18.8 Å². The van der Waals surface area contributed by atoms with Crippen molar-refractivity contribution in [1.29, 1.82) is 0 Å². The zero-order valence-electron chi connectivity index (χ0n) is 20.5. The molecule has 0 saturated carbocycles. The van der Waals surface area contributed by atoms with Crippen molar-refractivity contribution >= 4 is 17.0 Å². The second-order valence-corrected chi connectivity index (χ2v) is 10.2. The highest BCUT2D eigenvalue weighted by atomic mass is 19.1. The minimum Gasteiger partial charge on any atom is -0.444 e. The van der Waals surface area contributed by atoms with Crippen LogP contribution in [0.3, 0.4) is 0 Å². The van der Waals surface area contributed by atoms with Gasteiger partial charge >= 0.3 is 6.09 Å². The summed E-state index contributed by atoms with van der Waals surface area (Å²) in [4.78, 5) is 14.3.